The van der Waals surface area contributed by atoms with E-state index in [0.29, 0.717) is 25.6 Å². The van der Waals surface area contributed by atoms with E-state index >= 15 is 0 Å². The van der Waals surface area contributed by atoms with Crippen LogP contribution in [0.2, 0.25) is 0 Å². The van der Waals surface area contributed by atoms with Gasteiger partial charge in [-0.15, -0.1) is 11.3 Å². The van der Waals surface area contributed by atoms with Crippen molar-refractivity contribution in [3.05, 3.63) is 16.5 Å². The molecule has 6 nitrogen and oxygen atoms in total. The van der Waals surface area contributed by atoms with Gasteiger partial charge >= 0.3 is 11.9 Å². The van der Waals surface area contributed by atoms with Crippen molar-refractivity contribution in [2.24, 2.45) is 5.92 Å². The van der Waals surface area contributed by atoms with Crippen LogP contribution in [-0.4, -0.2) is 42.9 Å². The van der Waals surface area contributed by atoms with Crippen molar-refractivity contribution in [3.8, 4) is 0 Å². The number of hydrogen-bond acceptors (Lipinski definition) is 7. The number of carbonyl (C=O) groups excluding carboxylic acids is 2. The Morgan fingerprint density at radius 1 is 1.36 bits per heavy atom. The van der Waals surface area contributed by atoms with Gasteiger partial charge in [0.1, 0.15) is 6.04 Å². The van der Waals surface area contributed by atoms with Gasteiger partial charge in [0.2, 0.25) is 0 Å². The molecule has 7 heteroatoms. The summed E-state index contributed by atoms with van der Waals surface area (Å²) < 4.78 is 10.1. The highest BCUT2D eigenvalue weighted by Crippen LogP contribution is 2.35. The maximum Gasteiger partial charge on any atom is 0.328 e. The van der Waals surface area contributed by atoms with Gasteiger partial charge in [-0.25, -0.2) is 4.79 Å². The summed E-state index contributed by atoms with van der Waals surface area (Å²) in [5.41, 5.74) is 1.28. The molecule has 0 saturated heterocycles. The average Bonchev–Trinajstić information content (AvgIpc) is 3.00. The standard InChI is InChI=1S/C18H27NO5S/c1-3-23-17(21)8-7-14(18(22)24-4-2)19-16-10-13-6-5-12(11-20)9-15(13)25-16/h10,12,14,19-20H,3-9,11H2,1-2H3/t12?,14-/m0/s1. The van der Waals surface area contributed by atoms with Crippen LogP contribution in [0.3, 0.4) is 0 Å². The number of nitrogens with one attached hydrogen (secondary N) is 1. The summed E-state index contributed by atoms with van der Waals surface area (Å²) in [7, 11) is 0. The lowest BCUT2D eigenvalue weighted by Crippen LogP contribution is -2.32. The molecule has 1 aliphatic carbocycles. The van der Waals surface area contributed by atoms with Gasteiger partial charge in [-0.1, -0.05) is 0 Å². The summed E-state index contributed by atoms with van der Waals surface area (Å²) in [6.07, 6.45) is 3.32. The first-order valence-corrected chi connectivity index (χ1v) is 9.70. The zero-order valence-corrected chi connectivity index (χ0v) is 15.7. The van der Waals surface area contributed by atoms with Crippen LogP contribution >= 0.6 is 11.3 Å². The molecule has 0 fully saturated rings. The lowest BCUT2D eigenvalue weighted by Gasteiger charge is -2.19. The molecule has 2 N–H and O–H groups in total. The van der Waals surface area contributed by atoms with Crippen LogP contribution in [0.5, 0.6) is 0 Å². The second kappa shape index (κ2) is 9.77. The van der Waals surface area contributed by atoms with Gasteiger partial charge in [-0.2, -0.15) is 0 Å². The first-order chi connectivity index (χ1) is 12.1. The van der Waals surface area contributed by atoms with Gasteiger partial charge in [0.05, 0.1) is 18.2 Å². The smallest absolute Gasteiger partial charge is 0.328 e. The Morgan fingerprint density at radius 3 is 2.80 bits per heavy atom. The minimum atomic E-state index is -0.571. The van der Waals surface area contributed by atoms with E-state index in [1.807, 2.05) is 0 Å². The number of carbonyl (C=O) groups is 2. The van der Waals surface area contributed by atoms with Gasteiger partial charge in [-0.05, 0) is 57.1 Å². The first-order valence-electron chi connectivity index (χ1n) is 8.88. The summed E-state index contributed by atoms with van der Waals surface area (Å²) in [5, 5.41) is 13.5. The van der Waals surface area contributed by atoms with E-state index in [4.69, 9.17) is 9.47 Å². The first kappa shape index (κ1) is 19.7. The monoisotopic (exact) mass is 369 g/mol. The molecule has 0 radical (unpaired) electrons. The number of hydrogen-bond donors (Lipinski definition) is 2. The van der Waals surface area contributed by atoms with E-state index in [9.17, 15) is 14.7 Å². The SMILES string of the molecule is CCOC(=O)CC[C@H](Nc1cc2c(s1)CC(CO)CC2)C(=O)OCC. The van der Waals surface area contributed by atoms with Crippen LogP contribution in [0.25, 0.3) is 0 Å². The van der Waals surface area contributed by atoms with Gasteiger partial charge < -0.3 is 19.9 Å². The Hall–Kier alpha value is -1.60. The van der Waals surface area contributed by atoms with E-state index < -0.39 is 6.04 Å². The molecule has 0 saturated carbocycles. The number of thiophene rings is 1. The molecule has 1 heterocycles. The summed E-state index contributed by atoms with van der Waals surface area (Å²) in [5.74, 6) is -0.343. The number of aliphatic hydroxyl groups is 1. The number of ether oxygens (including phenoxy) is 2. The molecule has 25 heavy (non-hydrogen) atoms. The van der Waals surface area contributed by atoms with Crippen molar-refractivity contribution < 1.29 is 24.2 Å². The van der Waals surface area contributed by atoms with E-state index in [2.05, 4.69) is 11.4 Å². The topological polar surface area (TPSA) is 84.9 Å². The molecular formula is C18H27NO5S. The predicted octanol–water partition coefficient (Wildman–Crippen LogP) is 2.53. The minimum Gasteiger partial charge on any atom is -0.466 e. The van der Waals surface area contributed by atoms with Crippen LogP contribution in [0.4, 0.5) is 5.00 Å². The molecule has 0 aliphatic heterocycles. The van der Waals surface area contributed by atoms with Crippen molar-refractivity contribution in [2.45, 2.75) is 52.0 Å². The number of aryl methyl sites for hydroxylation is 1. The molecular weight excluding hydrogens is 342 g/mol. The molecule has 2 rings (SSSR count). The van der Waals surface area contributed by atoms with Gasteiger partial charge in [0.15, 0.2) is 0 Å². The fourth-order valence-electron chi connectivity index (χ4n) is 2.96. The molecule has 2 atom stereocenters. The Balaban J connectivity index is 2.02. The molecule has 1 aromatic heterocycles. The number of esters is 2. The Kier molecular flexibility index (Phi) is 7.71. The molecule has 140 valence electrons. The molecule has 1 aromatic rings. The van der Waals surface area contributed by atoms with Gasteiger partial charge in [0, 0.05) is 17.9 Å². The van der Waals surface area contributed by atoms with Gasteiger partial charge in [0.25, 0.3) is 0 Å². The van der Waals surface area contributed by atoms with E-state index in [0.717, 1.165) is 24.3 Å². The molecule has 0 spiro atoms. The highest BCUT2D eigenvalue weighted by atomic mass is 32.1. The predicted molar refractivity (Wildman–Crippen MR) is 96.8 cm³/mol. The number of fused-ring (bicyclic) bond motifs is 1. The zero-order valence-electron chi connectivity index (χ0n) is 14.9. The molecule has 1 aliphatic rings. The van der Waals surface area contributed by atoms with Crippen LogP contribution in [0.1, 0.15) is 43.6 Å². The third-order valence-electron chi connectivity index (χ3n) is 4.28. The van der Waals surface area contributed by atoms with E-state index in [1.54, 1.807) is 25.2 Å². The van der Waals surface area contributed by atoms with E-state index in [-0.39, 0.29) is 25.0 Å². The van der Waals surface area contributed by atoms with Crippen molar-refractivity contribution in [3.63, 3.8) is 0 Å². The van der Waals surface area contributed by atoms with Crippen molar-refractivity contribution >= 4 is 28.3 Å². The minimum absolute atomic E-state index is 0.169. The van der Waals surface area contributed by atoms with Crippen molar-refractivity contribution in [1.82, 2.24) is 0 Å². The summed E-state index contributed by atoms with van der Waals surface area (Å²) in [6, 6.07) is 1.50. The number of rotatable bonds is 9. The fourth-order valence-corrected chi connectivity index (χ4v) is 4.24. The highest BCUT2D eigenvalue weighted by Gasteiger charge is 2.25. The lowest BCUT2D eigenvalue weighted by molar-refractivity contribution is -0.145. The quantitative estimate of drug-likeness (QED) is 0.651. The lowest BCUT2D eigenvalue weighted by atomic mass is 9.90. The molecule has 0 bridgehead atoms. The second-order valence-electron chi connectivity index (χ2n) is 6.14. The van der Waals surface area contributed by atoms with Gasteiger partial charge in [-0.3, -0.25) is 4.79 Å². The highest BCUT2D eigenvalue weighted by molar-refractivity contribution is 7.16. The maximum absolute atomic E-state index is 12.2. The number of anilines is 1. The molecule has 1 unspecified atom stereocenters. The normalized spacial score (nSPS) is 17.5. The maximum atomic E-state index is 12.2. The van der Waals surface area contributed by atoms with Crippen LogP contribution < -0.4 is 5.32 Å². The largest absolute Gasteiger partial charge is 0.466 e. The van der Waals surface area contributed by atoms with Crippen molar-refractivity contribution in [2.75, 3.05) is 25.1 Å². The summed E-state index contributed by atoms with van der Waals surface area (Å²) in [4.78, 5) is 25.0. The average molecular weight is 369 g/mol. The third-order valence-corrected chi connectivity index (χ3v) is 5.41. The second-order valence-corrected chi connectivity index (χ2v) is 7.28. The third kappa shape index (κ3) is 5.71. The van der Waals surface area contributed by atoms with Crippen LogP contribution in [0, 0.1) is 5.92 Å². The molecule has 0 aromatic carbocycles. The van der Waals surface area contributed by atoms with E-state index in [1.165, 1.54) is 10.4 Å². The Morgan fingerprint density at radius 2 is 2.12 bits per heavy atom. The zero-order chi connectivity index (χ0) is 18.2. The Labute approximate surface area is 152 Å². The van der Waals surface area contributed by atoms with Crippen molar-refractivity contribution in [1.29, 1.82) is 0 Å². The van der Waals surface area contributed by atoms with Crippen LogP contribution in [-0.2, 0) is 31.9 Å². The van der Waals surface area contributed by atoms with Crippen LogP contribution in [0.15, 0.2) is 6.07 Å². The summed E-state index contributed by atoms with van der Waals surface area (Å²) >= 11 is 1.62. The summed E-state index contributed by atoms with van der Waals surface area (Å²) in [6.45, 7) is 4.37. The Bertz CT molecular complexity index is 586. The molecule has 0 amide bonds. The number of aliphatic hydroxyl groups excluding tert-OH is 1. The fraction of sp³-hybridized carbons (Fsp3) is 0.667.